The number of hydrogen-bond acceptors (Lipinski definition) is 3. The number of aliphatic hydroxyl groups excluding tert-OH is 1. The number of fused-ring (bicyclic) bond motifs is 2. The summed E-state index contributed by atoms with van der Waals surface area (Å²) in [6, 6.07) is 0. The Morgan fingerprint density at radius 2 is 1.95 bits per heavy atom. The molecule has 0 aromatic rings. The molecule has 3 rings (SSSR count). The molecule has 3 aliphatic rings. The predicted octanol–water partition coefficient (Wildman–Crippen LogP) is 2.67. The van der Waals surface area contributed by atoms with Crippen LogP contribution < -0.4 is 0 Å². The van der Waals surface area contributed by atoms with Gasteiger partial charge in [0.15, 0.2) is 0 Å². The number of hydrogen-bond donors (Lipinski definition) is 1. The van der Waals surface area contributed by atoms with Crippen LogP contribution in [0.4, 0.5) is 0 Å². The van der Waals surface area contributed by atoms with Gasteiger partial charge in [-0.2, -0.15) is 0 Å². The zero-order valence-electron chi connectivity index (χ0n) is 13.4. The second-order valence-corrected chi connectivity index (χ2v) is 8.09. The summed E-state index contributed by atoms with van der Waals surface area (Å²) in [6.45, 7) is 10.8. The summed E-state index contributed by atoms with van der Waals surface area (Å²) < 4.78 is 6.17. The maximum atomic E-state index is 10.2. The van der Waals surface area contributed by atoms with E-state index in [0.717, 1.165) is 25.6 Å². The zero-order chi connectivity index (χ0) is 14.4. The third-order valence-corrected chi connectivity index (χ3v) is 6.87. The van der Waals surface area contributed by atoms with Crippen molar-refractivity contribution in [2.45, 2.75) is 65.1 Å². The van der Waals surface area contributed by atoms with Gasteiger partial charge in [0.05, 0.1) is 18.8 Å². The number of nitrogens with zero attached hydrogens (tertiary/aromatic N) is 1. The molecule has 0 amide bonds. The molecule has 4 unspecified atom stereocenters. The Morgan fingerprint density at radius 1 is 1.25 bits per heavy atom. The first-order chi connectivity index (χ1) is 9.43. The van der Waals surface area contributed by atoms with Gasteiger partial charge in [0.1, 0.15) is 0 Å². The molecule has 1 N–H and O–H groups in total. The van der Waals surface area contributed by atoms with Gasteiger partial charge in [0.2, 0.25) is 0 Å². The third-order valence-electron chi connectivity index (χ3n) is 6.87. The minimum absolute atomic E-state index is 0.311. The molecule has 0 radical (unpaired) electrons. The van der Waals surface area contributed by atoms with E-state index in [0.29, 0.717) is 23.5 Å². The minimum Gasteiger partial charge on any atom is -0.389 e. The molecule has 1 saturated heterocycles. The Labute approximate surface area is 123 Å². The molecule has 20 heavy (non-hydrogen) atoms. The molecule has 1 aliphatic heterocycles. The fourth-order valence-electron chi connectivity index (χ4n) is 4.93. The van der Waals surface area contributed by atoms with Crippen LogP contribution in [-0.2, 0) is 4.74 Å². The molecule has 4 atom stereocenters. The highest BCUT2D eigenvalue weighted by atomic mass is 16.5. The predicted molar refractivity (Wildman–Crippen MR) is 80.6 cm³/mol. The Balaban J connectivity index is 1.49. The van der Waals surface area contributed by atoms with Crippen molar-refractivity contribution in [1.82, 2.24) is 4.90 Å². The molecule has 0 spiro atoms. The lowest BCUT2D eigenvalue weighted by atomic mass is 9.70. The molecule has 1 heterocycles. The van der Waals surface area contributed by atoms with E-state index in [-0.39, 0.29) is 6.10 Å². The monoisotopic (exact) mass is 281 g/mol. The van der Waals surface area contributed by atoms with Crippen molar-refractivity contribution < 1.29 is 9.84 Å². The van der Waals surface area contributed by atoms with Gasteiger partial charge >= 0.3 is 0 Å². The third kappa shape index (κ3) is 2.32. The number of rotatable bonds is 5. The summed E-state index contributed by atoms with van der Waals surface area (Å²) in [5, 5.41) is 10.2. The Morgan fingerprint density at radius 3 is 2.50 bits per heavy atom. The lowest BCUT2D eigenvalue weighted by Gasteiger charge is -2.39. The first-order valence-corrected chi connectivity index (χ1v) is 8.45. The summed E-state index contributed by atoms with van der Waals surface area (Å²) in [5.41, 5.74) is 0.711. The van der Waals surface area contributed by atoms with Crippen LogP contribution in [-0.4, -0.2) is 48.5 Å². The quantitative estimate of drug-likeness (QED) is 0.841. The maximum absolute atomic E-state index is 10.2. The van der Waals surface area contributed by atoms with Crippen LogP contribution in [0.25, 0.3) is 0 Å². The van der Waals surface area contributed by atoms with E-state index < -0.39 is 0 Å². The van der Waals surface area contributed by atoms with Gasteiger partial charge in [-0.05, 0) is 61.9 Å². The largest absolute Gasteiger partial charge is 0.389 e. The Kier molecular flexibility index (Phi) is 3.89. The van der Waals surface area contributed by atoms with E-state index in [4.69, 9.17) is 4.74 Å². The van der Waals surface area contributed by atoms with Crippen molar-refractivity contribution in [3.05, 3.63) is 0 Å². The van der Waals surface area contributed by atoms with Crippen LogP contribution in [0.1, 0.15) is 52.9 Å². The standard InChI is InChI=1S/C17H31NO2/c1-16(2)13-6-7-17(16,3)15(10-13)20-12-14(19)11-18-8-4-5-9-18/h13-15,19H,4-12H2,1-3H3. The maximum Gasteiger partial charge on any atom is 0.0900 e. The smallest absolute Gasteiger partial charge is 0.0900 e. The molecular weight excluding hydrogens is 250 g/mol. The minimum atomic E-state index is -0.320. The van der Waals surface area contributed by atoms with Crippen LogP contribution in [0, 0.1) is 16.7 Å². The molecule has 116 valence electrons. The van der Waals surface area contributed by atoms with Gasteiger partial charge in [-0.25, -0.2) is 0 Å². The Hall–Kier alpha value is -0.120. The summed E-state index contributed by atoms with van der Waals surface area (Å²) in [4.78, 5) is 2.36. The second-order valence-electron chi connectivity index (χ2n) is 8.09. The molecule has 0 aromatic heterocycles. The van der Waals surface area contributed by atoms with Crippen molar-refractivity contribution in [2.75, 3.05) is 26.2 Å². The number of aliphatic hydroxyl groups is 1. The van der Waals surface area contributed by atoms with Gasteiger partial charge in [0.25, 0.3) is 0 Å². The summed E-state index contributed by atoms with van der Waals surface area (Å²) in [7, 11) is 0. The normalized spacial score (nSPS) is 41.4. The highest BCUT2D eigenvalue weighted by Crippen LogP contribution is 2.66. The molecule has 0 aromatic carbocycles. The van der Waals surface area contributed by atoms with Gasteiger partial charge < -0.3 is 14.7 Å². The zero-order valence-corrected chi connectivity index (χ0v) is 13.4. The Bertz CT molecular complexity index is 351. The van der Waals surface area contributed by atoms with Crippen molar-refractivity contribution >= 4 is 0 Å². The highest BCUT2D eigenvalue weighted by Gasteiger charge is 2.61. The lowest BCUT2D eigenvalue weighted by molar-refractivity contribution is -0.0785. The van der Waals surface area contributed by atoms with Crippen molar-refractivity contribution in [1.29, 1.82) is 0 Å². The van der Waals surface area contributed by atoms with E-state index in [9.17, 15) is 5.11 Å². The summed E-state index contributed by atoms with van der Waals surface area (Å²) >= 11 is 0. The van der Waals surface area contributed by atoms with Crippen LogP contribution in [0.2, 0.25) is 0 Å². The fraction of sp³-hybridized carbons (Fsp3) is 1.00. The van der Waals surface area contributed by atoms with Gasteiger partial charge in [-0.15, -0.1) is 0 Å². The molecule has 2 aliphatic carbocycles. The van der Waals surface area contributed by atoms with Gasteiger partial charge in [-0.1, -0.05) is 20.8 Å². The van der Waals surface area contributed by atoms with E-state index in [2.05, 4.69) is 25.7 Å². The number of ether oxygens (including phenoxy) is 1. The fourth-order valence-corrected chi connectivity index (χ4v) is 4.93. The van der Waals surface area contributed by atoms with Crippen LogP contribution in [0.3, 0.4) is 0 Å². The average Bonchev–Trinajstić information content (AvgIpc) is 3.01. The lowest BCUT2D eigenvalue weighted by Crippen LogP contribution is -2.40. The van der Waals surface area contributed by atoms with Crippen LogP contribution >= 0.6 is 0 Å². The molecule has 3 fully saturated rings. The number of β-amino-alcohol motifs (C(OH)–C–C–N with tert-alkyl or cyclic N) is 1. The number of likely N-dealkylation sites (tertiary alicyclic amines) is 1. The van der Waals surface area contributed by atoms with Gasteiger partial charge in [0, 0.05) is 6.54 Å². The summed E-state index contributed by atoms with van der Waals surface area (Å²) in [5.74, 6) is 0.813. The topological polar surface area (TPSA) is 32.7 Å². The molecular formula is C17H31NO2. The highest BCUT2D eigenvalue weighted by molar-refractivity contribution is 5.11. The molecule has 3 heteroatoms. The van der Waals surface area contributed by atoms with Crippen molar-refractivity contribution in [3.8, 4) is 0 Å². The average molecular weight is 281 g/mol. The van der Waals surface area contributed by atoms with Crippen molar-refractivity contribution in [3.63, 3.8) is 0 Å². The van der Waals surface area contributed by atoms with Crippen LogP contribution in [0.15, 0.2) is 0 Å². The van der Waals surface area contributed by atoms with E-state index in [1.165, 1.54) is 32.1 Å². The first kappa shape index (κ1) is 14.8. The van der Waals surface area contributed by atoms with Gasteiger partial charge in [-0.3, -0.25) is 0 Å². The second kappa shape index (κ2) is 5.26. The van der Waals surface area contributed by atoms with E-state index in [1.807, 2.05) is 0 Å². The van der Waals surface area contributed by atoms with Crippen LogP contribution in [0.5, 0.6) is 0 Å². The summed E-state index contributed by atoms with van der Waals surface area (Å²) in [6.07, 6.45) is 6.44. The van der Waals surface area contributed by atoms with Crippen molar-refractivity contribution in [2.24, 2.45) is 16.7 Å². The molecule has 3 nitrogen and oxygen atoms in total. The van der Waals surface area contributed by atoms with E-state index in [1.54, 1.807) is 0 Å². The molecule has 2 bridgehead atoms. The first-order valence-electron chi connectivity index (χ1n) is 8.45. The molecule has 2 saturated carbocycles. The SMILES string of the molecule is CC1(C)C2CCC1(C)C(OCC(O)CN1CCCC1)C2. The van der Waals surface area contributed by atoms with E-state index >= 15 is 0 Å².